The van der Waals surface area contributed by atoms with Gasteiger partial charge in [0.05, 0.1) is 10.2 Å². The van der Waals surface area contributed by atoms with E-state index < -0.39 is 0 Å². The largest absolute Gasteiger partial charge is 0.319 e. The molecule has 0 spiro atoms. The minimum absolute atomic E-state index is 0.0775. The van der Waals surface area contributed by atoms with E-state index in [2.05, 4.69) is 44.8 Å². The Kier molecular flexibility index (Phi) is 4.18. The van der Waals surface area contributed by atoms with Gasteiger partial charge in [0.2, 0.25) is 0 Å². The zero-order valence-corrected chi connectivity index (χ0v) is 15.6. The molecule has 3 aromatic rings. The van der Waals surface area contributed by atoms with Crippen LogP contribution in [0, 0.1) is 6.92 Å². The molecule has 1 amide bonds. The minimum atomic E-state index is -0.199. The van der Waals surface area contributed by atoms with Gasteiger partial charge >= 0.3 is 0 Å². The first-order chi connectivity index (χ1) is 11.3. The van der Waals surface area contributed by atoms with Crippen LogP contribution in [0.2, 0.25) is 0 Å². The Hall–Kier alpha value is -2.20. The lowest BCUT2D eigenvalue weighted by molar-refractivity contribution is 0.0998. The molecule has 0 aliphatic rings. The Morgan fingerprint density at radius 3 is 2.33 bits per heavy atom. The lowest BCUT2D eigenvalue weighted by Gasteiger charge is -2.18. The maximum absolute atomic E-state index is 12.5. The van der Waals surface area contributed by atoms with Gasteiger partial charge in [-0.25, -0.2) is 0 Å². The molecule has 0 radical (unpaired) electrons. The molecule has 2 aromatic carbocycles. The Labute approximate surface area is 146 Å². The molecule has 4 heteroatoms. The van der Waals surface area contributed by atoms with E-state index in [0.717, 1.165) is 15.0 Å². The molecular formula is C20H22N2OS. The number of rotatable bonds is 1. The number of carbonyl (C=O) groups is 1. The van der Waals surface area contributed by atoms with Crippen molar-refractivity contribution in [1.82, 2.24) is 4.57 Å². The molecule has 0 saturated heterocycles. The summed E-state index contributed by atoms with van der Waals surface area (Å²) < 4.78 is 3.14. The van der Waals surface area contributed by atoms with E-state index in [-0.39, 0.29) is 11.3 Å². The molecule has 0 N–H and O–H groups in total. The van der Waals surface area contributed by atoms with Gasteiger partial charge in [0.1, 0.15) is 0 Å². The molecule has 3 rings (SSSR count). The van der Waals surface area contributed by atoms with E-state index in [4.69, 9.17) is 0 Å². The van der Waals surface area contributed by atoms with Crippen molar-refractivity contribution in [1.29, 1.82) is 0 Å². The second-order valence-electron chi connectivity index (χ2n) is 7.11. The predicted octanol–water partition coefficient (Wildman–Crippen LogP) is 4.59. The minimum Gasteiger partial charge on any atom is -0.319 e. The third-order valence-electron chi connectivity index (χ3n) is 4.22. The molecule has 3 nitrogen and oxygen atoms in total. The molecule has 0 aliphatic carbocycles. The molecule has 0 unspecified atom stereocenters. The van der Waals surface area contributed by atoms with Gasteiger partial charge in [-0.1, -0.05) is 56.4 Å². The van der Waals surface area contributed by atoms with Crippen molar-refractivity contribution in [2.24, 2.45) is 12.0 Å². The monoisotopic (exact) mass is 338 g/mol. The summed E-state index contributed by atoms with van der Waals surface area (Å²) in [6.07, 6.45) is 0. The van der Waals surface area contributed by atoms with E-state index in [9.17, 15) is 4.79 Å². The van der Waals surface area contributed by atoms with E-state index in [1.165, 1.54) is 11.1 Å². The predicted molar refractivity (Wildman–Crippen MR) is 101 cm³/mol. The third-order valence-corrected chi connectivity index (χ3v) is 5.32. The maximum Gasteiger partial charge on any atom is 0.279 e. The van der Waals surface area contributed by atoms with Gasteiger partial charge in [0.15, 0.2) is 4.80 Å². The van der Waals surface area contributed by atoms with Crippen molar-refractivity contribution >= 4 is 27.5 Å². The van der Waals surface area contributed by atoms with Gasteiger partial charge < -0.3 is 4.57 Å². The number of aromatic nitrogens is 1. The molecule has 124 valence electrons. The number of amides is 1. The first-order valence-corrected chi connectivity index (χ1v) is 8.84. The molecule has 0 bridgehead atoms. The summed E-state index contributed by atoms with van der Waals surface area (Å²) in [5.41, 5.74) is 4.24. The highest BCUT2D eigenvalue weighted by Gasteiger charge is 2.14. The first kappa shape index (κ1) is 16.7. The number of hydrogen-bond acceptors (Lipinski definition) is 2. The average Bonchev–Trinajstić information content (AvgIpc) is 2.84. The highest BCUT2D eigenvalue weighted by Crippen LogP contribution is 2.23. The van der Waals surface area contributed by atoms with Crippen LogP contribution in [0.4, 0.5) is 0 Å². The summed E-state index contributed by atoms with van der Waals surface area (Å²) in [5.74, 6) is -0.199. The summed E-state index contributed by atoms with van der Waals surface area (Å²) in [7, 11) is 1.96. The van der Waals surface area contributed by atoms with Crippen LogP contribution in [0.25, 0.3) is 10.2 Å². The fraction of sp³-hybridized carbons (Fsp3) is 0.300. The van der Waals surface area contributed by atoms with Crippen LogP contribution in [0.3, 0.4) is 0 Å². The maximum atomic E-state index is 12.5. The molecule has 1 aromatic heterocycles. The number of fused-ring (bicyclic) bond motifs is 1. The topological polar surface area (TPSA) is 34.4 Å². The second-order valence-corrected chi connectivity index (χ2v) is 8.12. The van der Waals surface area contributed by atoms with Crippen LogP contribution < -0.4 is 4.80 Å². The van der Waals surface area contributed by atoms with Crippen LogP contribution in [0.15, 0.2) is 47.5 Å². The Morgan fingerprint density at radius 2 is 1.75 bits per heavy atom. The third kappa shape index (κ3) is 3.06. The van der Waals surface area contributed by atoms with Gasteiger partial charge in [0.25, 0.3) is 5.91 Å². The number of thiazole rings is 1. The highest BCUT2D eigenvalue weighted by molar-refractivity contribution is 7.16. The first-order valence-electron chi connectivity index (χ1n) is 8.02. The lowest BCUT2D eigenvalue weighted by atomic mass is 9.87. The summed E-state index contributed by atoms with van der Waals surface area (Å²) in [4.78, 5) is 17.6. The van der Waals surface area contributed by atoms with Crippen LogP contribution in [-0.4, -0.2) is 10.5 Å². The Bertz CT molecular complexity index is 970. The Morgan fingerprint density at radius 1 is 1.08 bits per heavy atom. The molecule has 24 heavy (non-hydrogen) atoms. The standard InChI is InChI=1S/C20H22N2OS/c1-13-7-6-8-16-17(13)22(5)19(24-16)21-18(23)14-9-11-15(12-10-14)20(2,3)4/h6-12H,1-5H3. The number of carbonyl (C=O) groups excluding carboxylic acids is 1. The molecule has 0 atom stereocenters. The smallest absolute Gasteiger partial charge is 0.279 e. The number of nitrogens with zero attached hydrogens (tertiary/aromatic N) is 2. The van der Waals surface area contributed by atoms with Crippen molar-refractivity contribution in [3.8, 4) is 0 Å². The van der Waals surface area contributed by atoms with Gasteiger partial charge in [0, 0.05) is 12.6 Å². The summed E-state index contributed by atoms with van der Waals surface area (Å²) in [5, 5.41) is 0. The van der Waals surface area contributed by atoms with Gasteiger partial charge in [-0.2, -0.15) is 4.99 Å². The quantitative estimate of drug-likeness (QED) is 0.639. The van der Waals surface area contributed by atoms with Crippen molar-refractivity contribution in [2.45, 2.75) is 33.1 Å². The Balaban J connectivity index is 2.01. The normalized spacial score (nSPS) is 12.8. The zero-order chi connectivity index (χ0) is 17.5. The molecular weight excluding hydrogens is 316 g/mol. The van der Waals surface area contributed by atoms with Gasteiger partial charge in [-0.05, 0) is 41.7 Å². The van der Waals surface area contributed by atoms with Crippen LogP contribution in [-0.2, 0) is 12.5 Å². The van der Waals surface area contributed by atoms with E-state index in [0.29, 0.717) is 5.56 Å². The van der Waals surface area contributed by atoms with Crippen molar-refractivity contribution in [3.63, 3.8) is 0 Å². The van der Waals surface area contributed by atoms with Crippen molar-refractivity contribution < 1.29 is 4.79 Å². The fourth-order valence-electron chi connectivity index (χ4n) is 2.77. The van der Waals surface area contributed by atoms with Gasteiger partial charge in [-0.3, -0.25) is 4.79 Å². The molecule has 0 fully saturated rings. The highest BCUT2D eigenvalue weighted by atomic mass is 32.1. The molecule has 0 saturated carbocycles. The van der Waals surface area contributed by atoms with E-state index in [1.807, 2.05) is 41.9 Å². The summed E-state index contributed by atoms with van der Waals surface area (Å²) in [6.45, 7) is 8.56. The summed E-state index contributed by atoms with van der Waals surface area (Å²) in [6, 6.07) is 13.9. The number of hydrogen-bond donors (Lipinski definition) is 0. The lowest BCUT2D eigenvalue weighted by Crippen LogP contribution is -2.14. The van der Waals surface area contributed by atoms with Crippen LogP contribution in [0.5, 0.6) is 0 Å². The molecule has 0 aliphatic heterocycles. The molecule has 1 heterocycles. The number of benzene rings is 2. The zero-order valence-electron chi connectivity index (χ0n) is 14.8. The van der Waals surface area contributed by atoms with E-state index >= 15 is 0 Å². The van der Waals surface area contributed by atoms with Crippen molar-refractivity contribution in [2.75, 3.05) is 0 Å². The van der Waals surface area contributed by atoms with Crippen molar-refractivity contribution in [3.05, 3.63) is 64.0 Å². The van der Waals surface area contributed by atoms with Crippen LogP contribution >= 0.6 is 11.3 Å². The number of para-hydroxylation sites is 1. The average molecular weight is 338 g/mol. The van der Waals surface area contributed by atoms with Crippen LogP contribution in [0.1, 0.15) is 42.3 Å². The second kappa shape index (κ2) is 6.02. The van der Waals surface area contributed by atoms with E-state index in [1.54, 1.807) is 11.3 Å². The van der Waals surface area contributed by atoms with Gasteiger partial charge in [-0.15, -0.1) is 0 Å². The SMILES string of the molecule is Cc1cccc2sc(=NC(=O)c3ccc(C(C)(C)C)cc3)n(C)c12. The summed E-state index contributed by atoms with van der Waals surface area (Å²) >= 11 is 1.54. The number of aryl methyl sites for hydroxylation is 2. The fourth-order valence-corrected chi connectivity index (χ4v) is 3.86.